The molecule has 1 aliphatic rings. The number of ether oxygens (including phenoxy) is 1. The second-order valence-electron chi connectivity index (χ2n) is 5.42. The van der Waals surface area contributed by atoms with E-state index in [0.717, 1.165) is 12.8 Å². The van der Waals surface area contributed by atoms with Gasteiger partial charge in [0, 0.05) is 6.04 Å². The lowest BCUT2D eigenvalue weighted by Crippen LogP contribution is -2.28. The maximum Gasteiger partial charge on any atom is 0.152 e. The van der Waals surface area contributed by atoms with Crippen molar-refractivity contribution < 1.29 is 13.2 Å². The van der Waals surface area contributed by atoms with Gasteiger partial charge in [-0.25, -0.2) is 8.42 Å². The summed E-state index contributed by atoms with van der Waals surface area (Å²) in [5.74, 6) is 0.314. The normalized spacial score (nSPS) is 26.9. The minimum absolute atomic E-state index is 0.0595. The number of sulfone groups is 1. The molecule has 0 amide bonds. The molecular weight excluding hydrogens is 226 g/mol. The fraction of sp³-hybridized carbons (Fsp3) is 1.00. The van der Waals surface area contributed by atoms with Crippen LogP contribution >= 0.6 is 0 Å². The highest BCUT2D eigenvalue weighted by atomic mass is 32.2. The highest BCUT2D eigenvalue weighted by Crippen LogP contribution is 2.30. The van der Waals surface area contributed by atoms with E-state index >= 15 is 0 Å². The molecule has 2 atom stereocenters. The molecule has 0 saturated carbocycles. The van der Waals surface area contributed by atoms with Gasteiger partial charge in [-0.2, -0.15) is 0 Å². The van der Waals surface area contributed by atoms with Crippen LogP contribution < -0.4 is 5.73 Å². The third-order valence-corrected chi connectivity index (χ3v) is 4.62. The van der Waals surface area contributed by atoms with Crippen molar-refractivity contribution >= 4 is 9.84 Å². The van der Waals surface area contributed by atoms with Crippen LogP contribution in [0.2, 0.25) is 0 Å². The Morgan fingerprint density at radius 2 is 2.12 bits per heavy atom. The summed E-state index contributed by atoms with van der Waals surface area (Å²) in [5.41, 5.74) is 5.39. The van der Waals surface area contributed by atoms with Crippen LogP contribution in [0.15, 0.2) is 0 Å². The molecule has 0 aromatic rings. The topological polar surface area (TPSA) is 69.4 Å². The third kappa shape index (κ3) is 4.80. The van der Waals surface area contributed by atoms with Crippen molar-refractivity contribution in [1.29, 1.82) is 0 Å². The van der Waals surface area contributed by atoms with Crippen molar-refractivity contribution in [2.75, 3.05) is 11.5 Å². The molecule has 2 unspecified atom stereocenters. The van der Waals surface area contributed by atoms with Gasteiger partial charge in [-0.05, 0) is 40.0 Å². The van der Waals surface area contributed by atoms with Gasteiger partial charge in [0.15, 0.2) is 9.84 Å². The van der Waals surface area contributed by atoms with E-state index in [2.05, 4.69) is 0 Å². The van der Waals surface area contributed by atoms with Gasteiger partial charge in [0.05, 0.1) is 23.2 Å². The van der Waals surface area contributed by atoms with Gasteiger partial charge in [0.25, 0.3) is 0 Å². The van der Waals surface area contributed by atoms with E-state index in [-0.39, 0.29) is 29.3 Å². The van der Waals surface area contributed by atoms with Crippen molar-refractivity contribution in [3.8, 4) is 0 Å². The quantitative estimate of drug-likeness (QED) is 0.792. The van der Waals surface area contributed by atoms with Gasteiger partial charge in [0.1, 0.15) is 0 Å². The third-order valence-electron chi connectivity index (χ3n) is 2.88. The van der Waals surface area contributed by atoms with E-state index in [9.17, 15) is 8.42 Å². The fourth-order valence-corrected chi connectivity index (χ4v) is 3.63. The molecular formula is C11H23NO3S. The number of hydrogen-bond acceptors (Lipinski definition) is 4. The first-order valence-corrected chi connectivity index (χ1v) is 7.66. The zero-order chi connectivity index (χ0) is 12.4. The number of nitrogens with two attached hydrogens (primary N) is 1. The lowest BCUT2D eigenvalue weighted by Gasteiger charge is -2.19. The van der Waals surface area contributed by atoms with Crippen LogP contribution in [0.4, 0.5) is 0 Å². The van der Waals surface area contributed by atoms with Crippen molar-refractivity contribution in [2.24, 2.45) is 5.73 Å². The van der Waals surface area contributed by atoms with E-state index in [1.807, 2.05) is 20.8 Å². The monoisotopic (exact) mass is 249 g/mol. The molecule has 1 fully saturated rings. The van der Waals surface area contributed by atoms with Crippen LogP contribution in [0.25, 0.3) is 0 Å². The molecule has 2 N–H and O–H groups in total. The Hall–Kier alpha value is -0.130. The molecule has 1 aliphatic heterocycles. The summed E-state index contributed by atoms with van der Waals surface area (Å²) < 4.78 is 29.2. The molecule has 1 saturated heterocycles. The summed E-state index contributed by atoms with van der Waals surface area (Å²) in [5, 5.41) is 0. The highest BCUT2D eigenvalue weighted by Gasteiger charge is 2.34. The lowest BCUT2D eigenvalue weighted by molar-refractivity contribution is -0.00527. The van der Waals surface area contributed by atoms with Crippen molar-refractivity contribution in [1.82, 2.24) is 0 Å². The molecule has 0 spiro atoms. The molecule has 1 rings (SSSR count). The van der Waals surface area contributed by atoms with Gasteiger partial charge >= 0.3 is 0 Å². The van der Waals surface area contributed by atoms with Crippen LogP contribution in [0.5, 0.6) is 0 Å². The molecule has 0 aromatic heterocycles. The standard InChI is InChI=1S/C11H23NO3S/c1-9(12)5-7-16(13,14)8-10-4-6-11(2,3)15-10/h9-10H,4-8,12H2,1-3H3. The van der Waals surface area contributed by atoms with Crippen LogP contribution in [-0.4, -0.2) is 37.7 Å². The van der Waals surface area contributed by atoms with Crippen molar-refractivity contribution in [2.45, 2.75) is 57.8 Å². The molecule has 0 aromatic carbocycles. The van der Waals surface area contributed by atoms with Crippen molar-refractivity contribution in [3.05, 3.63) is 0 Å². The van der Waals surface area contributed by atoms with E-state index in [1.165, 1.54) is 0 Å². The minimum Gasteiger partial charge on any atom is -0.371 e. The lowest BCUT2D eigenvalue weighted by atomic mass is 10.1. The van der Waals surface area contributed by atoms with Crippen LogP contribution in [0.3, 0.4) is 0 Å². The summed E-state index contributed by atoms with van der Waals surface area (Å²) in [7, 11) is -3.02. The second kappa shape index (κ2) is 5.02. The van der Waals surface area contributed by atoms with Crippen LogP contribution in [0, 0.1) is 0 Å². The maximum absolute atomic E-state index is 11.8. The molecule has 0 radical (unpaired) electrons. The van der Waals surface area contributed by atoms with E-state index in [0.29, 0.717) is 6.42 Å². The summed E-state index contributed by atoms with van der Waals surface area (Å²) in [4.78, 5) is 0. The molecule has 0 aliphatic carbocycles. The Balaban J connectivity index is 2.42. The fourth-order valence-electron chi connectivity index (χ4n) is 1.93. The number of hydrogen-bond donors (Lipinski definition) is 1. The molecule has 5 heteroatoms. The molecule has 0 bridgehead atoms. The number of rotatable bonds is 5. The summed E-state index contributed by atoms with van der Waals surface area (Å²) in [6, 6.07) is -0.0595. The van der Waals surface area contributed by atoms with E-state index in [1.54, 1.807) is 0 Å². The molecule has 16 heavy (non-hydrogen) atoms. The zero-order valence-electron chi connectivity index (χ0n) is 10.4. The largest absolute Gasteiger partial charge is 0.371 e. The van der Waals surface area contributed by atoms with Crippen LogP contribution in [0.1, 0.15) is 40.0 Å². The first-order valence-electron chi connectivity index (χ1n) is 5.84. The predicted octanol–water partition coefficient (Wildman–Crippen LogP) is 1.10. The smallest absolute Gasteiger partial charge is 0.152 e. The average molecular weight is 249 g/mol. The van der Waals surface area contributed by atoms with E-state index in [4.69, 9.17) is 10.5 Å². The predicted molar refractivity (Wildman–Crippen MR) is 65.1 cm³/mol. The Kier molecular flexibility index (Phi) is 4.37. The Bertz CT molecular complexity index is 322. The molecule has 96 valence electrons. The Labute approximate surface area is 98.5 Å². The average Bonchev–Trinajstić information content (AvgIpc) is 2.41. The minimum atomic E-state index is -3.02. The first kappa shape index (κ1) is 13.9. The maximum atomic E-state index is 11.8. The van der Waals surface area contributed by atoms with Crippen molar-refractivity contribution in [3.63, 3.8) is 0 Å². The Morgan fingerprint density at radius 3 is 2.56 bits per heavy atom. The second-order valence-corrected chi connectivity index (χ2v) is 7.65. The van der Waals surface area contributed by atoms with Gasteiger partial charge in [-0.3, -0.25) is 0 Å². The van der Waals surface area contributed by atoms with Gasteiger partial charge in [0.2, 0.25) is 0 Å². The van der Waals surface area contributed by atoms with Gasteiger partial charge in [-0.1, -0.05) is 0 Å². The SMILES string of the molecule is CC(N)CCS(=O)(=O)CC1CCC(C)(C)O1. The Morgan fingerprint density at radius 1 is 1.50 bits per heavy atom. The molecule has 4 nitrogen and oxygen atoms in total. The van der Waals surface area contributed by atoms with Gasteiger partial charge < -0.3 is 10.5 Å². The highest BCUT2D eigenvalue weighted by molar-refractivity contribution is 7.91. The van der Waals surface area contributed by atoms with Gasteiger partial charge in [-0.15, -0.1) is 0 Å². The zero-order valence-corrected chi connectivity index (χ0v) is 11.2. The summed E-state index contributed by atoms with van der Waals surface area (Å²) >= 11 is 0. The van der Waals surface area contributed by atoms with E-state index < -0.39 is 9.84 Å². The van der Waals surface area contributed by atoms with Crippen LogP contribution in [-0.2, 0) is 14.6 Å². The summed E-state index contributed by atoms with van der Waals surface area (Å²) in [6.45, 7) is 5.83. The molecule has 1 heterocycles. The summed E-state index contributed by atoms with van der Waals surface area (Å²) in [6.07, 6.45) is 2.16. The first-order chi connectivity index (χ1) is 7.20.